The predicted molar refractivity (Wildman–Crippen MR) is 61.1 cm³/mol. The van der Waals surface area contributed by atoms with Crippen LogP contribution in [-0.2, 0) is 0 Å². The van der Waals surface area contributed by atoms with Gasteiger partial charge in [0.2, 0.25) is 0 Å². The van der Waals surface area contributed by atoms with Crippen LogP contribution in [0.4, 0.5) is 0 Å². The maximum Gasteiger partial charge on any atom is 0.0434 e. The minimum atomic E-state index is 0.223. The lowest BCUT2D eigenvalue weighted by atomic mass is 9.57. The third kappa shape index (κ3) is 1.88. The Balaban J connectivity index is 2.86. The summed E-state index contributed by atoms with van der Waals surface area (Å²) in [5.41, 5.74) is 0.223. The molecule has 0 aromatic rings. The molecule has 0 radical (unpaired) electrons. The van der Waals surface area contributed by atoms with E-state index in [1.165, 1.54) is 12.8 Å². The highest BCUT2D eigenvalue weighted by Gasteiger charge is 2.42. The van der Waals surface area contributed by atoms with Crippen LogP contribution in [0.2, 0.25) is 0 Å². The van der Waals surface area contributed by atoms with E-state index in [4.69, 9.17) is 5.11 Å². The topological polar surface area (TPSA) is 20.2 Å². The molecule has 14 heavy (non-hydrogen) atoms. The maximum atomic E-state index is 9.12. The first-order chi connectivity index (χ1) is 6.56. The van der Waals surface area contributed by atoms with Crippen molar-refractivity contribution < 1.29 is 5.11 Å². The van der Waals surface area contributed by atoms with Crippen molar-refractivity contribution in [2.45, 2.75) is 40.0 Å². The average molecular weight is 196 g/mol. The summed E-state index contributed by atoms with van der Waals surface area (Å²) in [5, 5.41) is 9.12. The zero-order chi connectivity index (χ0) is 10.8. The summed E-state index contributed by atoms with van der Waals surface area (Å²) < 4.78 is 0. The minimum Gasteiger partial charge on any atom is -0.396 e. The fraction of sp³-hybridized carbons (Fsp3) is 0.846. The standard InChI is InChI=1S/C13H24O/c1-5-13(4)11(3)7-6-10(2)12(13)8-9-14/h5,10-12,14H,1,6-9H2,2-4H3. The quantitative estimate of drug-likeness (QED) is 0.687. The molecule has 0 spiro atoms. The van der Waals surface area contributed by atoms with Gasteiger partial charge in [-0.25, -0.2) is 0 Å². The number of aliphatic hydroxyl groups is 1. The zero-order valence-corrected chi connectivity index (χ0v) is 9.79. The third-order valence-corrected chi connectivity index (χ3v) is 4.48. The van der Waals surface area contributed by atoms with Crippen molar-refractivity contribution in [1.82, 2.24) is 0 Å². The first-order valence-corrected chi connectivity index (χ1v) is 5.80. The Hall–Kier alpha value is -0.300. The van der Waals surface area contributed by atoms with E-state index in [9.17, 15) is 0 Å². The fourth-order valence-corrected chi connectivity index (χ4v) is 3.09. The Labute approximate surface area is 88.2 Å². The molecular weight excluding hydrogens is 172 g/mol. The second-order valence-electron chi connectivity index (χ2n) is 5.14. The van der Waals surface area contributed by atoms with E-state index in [0.717, 1.165) is 12.3 Å². The van der Waals surface area contributed by atoms with Gasteiger partial charge in [0.05, 0.1) is 0 Å². The van der Waals surface area contributed by atoms with Gasteiger partial charge in [-0.05, 0) is 36.0 Å². The fourth-order valence-electron chi connectivity index (χ4n) is 3.09. The summed E-state index contributed by atoms with van der Waals surface area (Å²) >= 11 is 0. The van der Waals surface area contributed by atoms with Gasteiger partial charge in [0.1, 0.15) is 0 Å². The molecule has 0 aliphatic heterocycles. The highest BCUT2D eigenvalue weighted by molar-refractivity contribution is 5.03. The van der Waals surface area contributed by atoms with Gasteiger partial charge in [0, 0.05) is 6.61 Å². The lowest BCUT2D eigenvalue weighted by molar-refractivity contribution is 0.0362. The minimum absolute atomic E-state index is 0.223. The summed E-state index contributed by atoms with van der Waals surface area (Å²) in [5.74, 6) is 2.03. The van der Waals surface area contributed by atoms with E-state index >= 15 is 0 Å². The summed E-state index contributed by atoms with van der Waals surface area (Å²) in [7, 11) is 0. The van der Waals surface area contributed by atoms with E-state index in [2.05, 4.69) is 33.4 Å². The van der Waals surface area contributed by atoms with Crippen molar-refractivity contribution in [3.63, 3.8) is 0 Å². The Morgan fingerprint density at radius 1 is 1.43 bits per heavy atom. The van der Waals surface area contributed by atoms with Gasteiger partial charge in [0.15, 0.2) is 0 Å². The summed E-state index contributed by atoms with van der Waals surface area (Å²) in [6.45, 7) is 11.2. The largest absolute Gasteiger partial charge is 0.396 e. The van der Waals surface area contributed by atoms with Crippen molar-refractivity contribution in [3.8, 4) is 0 Å². The highest BCUT2D eigenvalue weighted by Crippen LogP contribution is 2.49. The Kier molecular flexibility index (Phi) is 3.77. The molecule has 1 fully saturated rings. The molecule has 1 saturated carbocycles. The molecule has 0 saturated heterocycles. The Morgan fingerprint density at radius 3 is 2.57 bits per heavy atom. The summed E-state index contributed by atoms with van der Waals surface area (Å²) in [4.78, 5) is 0. The Bertz CT molecular complexity index is 199. The average Bonchev–Trinajstić information content (AvgIpc) is 2.19. The third-order valence-electron chi connectivity index (χ3n) is 4.48. The molecule has 0 bridgehead atoms. The normalized spacial score (nSPS) is 43.6. The van der Waals surface area contributed by atoms with Crippen LogP contribution in [-0.4, -0.2) is 11.7 Å². The molecule has 0 heterocycles. The maximum absolute atomic E-state index is 9.12. The molecule has 0 aromatic carbocycles. The van der Waals surface area contributed by atoms with E-state index in [-0.39, 0.29) is 5.41 Å². The number of hydrogen-bond acceptors (Lipinski definition) is 1. The van der Waals surface area contributed by atoms with Crippen LogP contribution >= 0.6 is 0 Å². The van der Waals surface area contributed by atoms with Crippen LogP contribution in [0.5, 0.6) is 0 Å². The van der Waals surface area contributed by atoms with Gasteiger partial charge in [-0.2, -0.15) is 0 Å². The van der Waals surface area contributed by atoms with Gasteiger partial charge in [-0.1, -0.05) is 33.3 Å². The van der Waals surface area contributed by atoms with Gasteiger partial charge < -0.3 is 5.11 Å². The lowest BCUT2D eigenvalue weighted by Crippen LogP contribution is -2.40. The van der Waals surface area contributed by atoms with E-state index in [0.29, 0.717) is 18.4 Å². The van der Waals surface area contributed by atoms with Crippen molar-refractivity contribution in [3.05, 3.63) is 12.7 Å². The summed E-state index contributed by atoms with van der Waals surface area (Å²) in [6, 6.07) is 0. The van der Waals surface area contributed by atoms with Crippen LogP contribution in [0.3, 0.4) is 0 Å². The molecule has 1 aliphatic rings. The predicted octanol–water partition coefficient (Wildman–Crippen LogP) is 3.24. The zero-order valence-electron chi connectivity index (χ0n) is 9.79. The van der Waals surface area contributed by atoms with E-state index < -0.39 is 0 Å². The van der Waals surface area contributed by atoms with Crippen molar-refractivity contribution in [2.24, 2.45) is 23.2 Å². The van der Waals surface area contributed by atoms with Crippen molar-refractivity contribution >= 4 is 0 Å². The molecule has 1 rings (SSSR count). The number of aliphatic hydroxyl groups excluding tert-OH is 1. The Morgan fingerprint density at radius 2 is 2.07 bits per heavy atom. The van der Waals surface area contributed by atoms with Gasteiger partial charge in [0.25, 0.3) is 0 Å². The highest BCUT2D eigenvalue weighted by atomic mass is 16.3. The lowest BCUT2D eigenvalue weighted by Gasteiger charge is -2.48. The molecule has 1 N–H and O–H groups in total. The van der Waals surface area contributed by atoms with Crippen LogP contribution in [0.15, 0.2) is 12.7 Å². The monoisotopic (exact) mass is 196 g/mol. The second-order valence-corrected chi connectivity index (χ2v) is 5.14. The van der Waals surface area contributed by atoms with Crippen LogP contribution in [0, 0.1) is 23.2 Å². The molecule has 82 valence electrons. The summed E-state index contributed by atoms with van der Waals surface area (Å²) in [6.07, 6.45) is 5.64. The van der Waals surface area contributed by atoms with E-state index in [1.807, 2.05) is 0 Å². The molecule has 4 atom stereocenters. The van der Waals surface area contributed by atoms with Crippen molar-refractivity contribution in [1.29, 1.82) is 0 Å². The van der Waals surface area contributed by atoms with Gasteiger partial charge in [-0.3, -0.25) is 0 Å². The molecule has 1 nitrogen and oxygen atoms in total. The number of allylic oxidation sites excluding steroid dienone is 1. The molecule has 4 unspecified atom stereocenters. The van der Waals surface area contributed by atoms with Crippen molar-refractivity contribution in [2.75, 3.05) is 6.61 Å². The molecule has 1 aliphatic carbocycles. The second kappa shape index (κ2) is 4.48. The molecular formula is C13H24O. The smallest absolute Gasteiger partial charge is 0.0434 e. The van der Waals surface area contributed by atoms with Gasteiger partial charge in [-0.15, -0.1) is 6.58 Å². The molecule has 0 aromatic heterocycles. The number of hydrogen-bond donors (Lipinski definition) is 1. The van der Waals surface area contributed by atoms with Gasteiger partial charge >= 0.3 is 0 Å². The molecule has 1 heteroatoms. The van der Waals surface area contributed by atoms with Crippen LogP contribution in [0.1, 0.15) is 40.0 Å². The first-order valence-electron chi connectivity index (χ1n) is 5.80. The number of rotatable bonds is 3. The SMILES string of the molecule is C=CC1(C)C(C)CCC(C)C1CCO. The molecule has 0 amide bonds. The van der Waals surface area contributed by atoms with Crippen LogP contribution in [0.25, 0.3) is 0 Å². The van der Waals surface area contributed by atoms with Crippen LogP contribution < -0.4 is 0 Å². The van der Waals surface area contributed by atoms with E-state index in [1.54, 1.807) is 0 Å². The first kappa shape index (κ1) is 11.8.